The predicted molar refractivity (Wildman–Crippen MR) is 171 cm³/mol. The van der Waals surface area contributed by atoms with Crippen molar-refractivity contribution in [1.82, 2.24) is 4.57 Å². The number of allylic oxidation sites excluding steroid dienone is 1. The molecule has 0 radical (unpaired) electrons. The van der Waals surface area contributed by atoms with E-state index in [1.54, 1.807) is 11.3 Å². The van der Waals surface area contributed by atoms with Crippen LogP contribution in [0.5, 0.6) is 0 Å². The number of benzene rings is 5. The molecule has 0 saturated heterocycles. The summed E-state index contributed by atoms with van der Waals surface area (Å²) in [6, 6.07) is 37.4. The molecule has 0 saturated carbocycles. The van der Waals surface area contributed by atoms with Crippen molar-refractivity contribution in [3.05, 3.63) is 126 Å². The van der Waals surface area contributed by atoms with Gasteiger partial charge >= 0.3 is 0 Å². The molecule has 3 nitrogen and oxygen atoms in total. The van der Waals surface area contributed by atoms with Gasteiger partial charge in [0.1, 0.15) is 16.9 Å². The molecule has 3 heterocycles. The van der Waals surface area contributed by atoms with Gasteiger partial charge in [-0.15, -0.1) is 11.3 Å². The molecular weight excluding hydrogens is 506 g/mol. The van der Waals surface area contributed by atoms with Crippen molar-refractivity contribution in [3.8, 4) is 0 Å². The molecule has 2 aliphatic rings. The lowest BCUT2D eigenvalue weighted by Gasteiger charge is -2.28. The Morgan fingerprint density at radius 1 is 0.750 bits per heavy atom. The molecule has 1 aliphatic carbocycles. The number of fused-ring (bicyclic) bond motifs is 8. The highest BCUT2D eigenvalue weighted by molar-refractivity contribution is 7.23. The van der Waals surface area contributed by atoms with Crippen molar-refractivity contribution in [3.63, 3.8) is 0 Å². The Labute approximate surface area is 235 Å². The number of aryl methyl sites for hydroxylation is 1. The van der Waals surface area contributed by atoms with Crippen molar-refractivity contribution in [2.45, 2.75) is 18.9 Å². The number of aromatic nitrogens is 1. The van der Waals surface area contributed by atoms with Gasteiger partial charge in [0.25, 0.3) is 0 Å². The second-order valence-corrected chi connectivity index (χ2v) is 11.8. The number of rotatable bonds is 1. The highest BCUT2D eigenvalue weighted by Gasteiger charge is 2.32. The van der Waals surface area contributed by atoms with Crippen molar-refractivity contribution in [2.75, 3.05) is 5.32 Å². The van der Waals surface area contributed by atoms with Crippen LogP contribution in [-0.2, 0) is 6.42 Å². The summed E-state index contributed by atoms with van der Waals surface area (Å²) in [5, 5.41) is 12.6. The van der Waals surface area contributed by atoms with Gasteiger partial charge in [0.15, 0.2) is 0 Å². The average molecular weight is 532 g/mol. The van der Waals surface area contributed by atoms with Gasteiger partial charge in [-0.2, -0.15) is 0 Å². The summed E-state index contributed by atoms with van der Waals surface area (Å²) < 4.78 is 3.69. The number of nitrogens with zero attached hydrogens (tertiary/aromatic N) is 2. The Balaban J connectivity index is 1.36. The zero-order valence-corrected chi connectivity index (χ0v) is 22.6. The van der Waals surface area contributed by atoms with Gasteiger partial charge < -0.3 is 5.32 Å². The third-order valence-electron chi connectivity index (χ3n) is 8.49. The number of thiophene rings is 1. The standard InChI is InChI=1S/C36H25N3S/c1-2-10-23-19-26(18-17-22(23)9-1)33-35(38-36-34(37-33)28-14-6-8-16-32(28)40-36)39-30-15-7-5-13-27(30)29-20-24-11-3-4-12-25(24)21-31(29)39/h1-4,6-12,14-21,33,37H,5,13H2. The van der Waals surface area contributed by atoms with Gasteiger partial charge in [-0.25, -0.2) is 4.99 Å². The molecule has 0 amide bonds. The van der Waals surface area contributed by atoms with E-state index in [9.17, 15) is 0 Å². The lowest BCUT2D eigenvalue weighted by Crippen LogP contribution is -2.30. The highest BCUT2D eigenvalue weighted by Crippen LogP contribution is 2.48. The van der Waals surface area contributed by atoms with E-state index in [0.29, 0.717) is 0 Å². The molecule has 0 spiro atoms. The summed E-state index contributed by atoms with van der Waals surface area (Å²) in [5.74, 6) is 1.03. The van der Waals surface area contributed by atoms with E-state index in [1.165, 1.54) is 59.4 Å². The molecule has 0 fully saturated rings. The monoisotopic (exact) mass is 531 g/mol. The molecule has 9 rings (SSSR count). The predicted octanol–water partition coefficient (Wildman–Crippen LogP) is 9.87. The minimum atomic E-state index is -0.100. The fourth-order valence-electron chi connectivity index (χ4n) is 6.59. The van der Waals surface area contributed by atoms with Gasteiger partial charge in [0, 0.05) is 15.5 Å². The zero-order chi connectivity index (χ0) is 26.2. The smallest absolute Gasteiger partial charge is 0.142 e. The summed E-state index contributed by atoms with van der Waals surface area (Å²) in [7, 11) is 0. The Bertz CT molecular complexity index is 2210. The molecule has 4 heteroatoms. The molecule has 1 N–H and O–H groups in total. The van der Waals surface area contributed by atoms with Crippen molar-refractivity contribution < 1.29 is 0 Å². The van der Waals surface area contributed by atoms with Crippen LogP contribution in [0.25, 0.3) is 48.6 Å². The molecule has 0 bridgehead atoms. The minimum absolute atomic E-state index is 0.100. The molecule has 5 aromatic carbocycles. The first-order valence-electron chi connectivity index (χ1n) is 13.9. The quantitative estimate of drug-likeness (QED) is 0.224. The van der Waals surface area contributed by atoms with E-state index in [2.05, 4.69) is 125 Å². The van der Waals surface area contributed by atoms with Crippen LogP contribution in [-0.4, -0.2) is 10.4 Å². The van der Waals surface area contributed by atoms with Crippen molar-refractivity contribution in [1.29, 1.82) is 0 Å². The molecule has 190 valence electrons. The second kappa shape index (κ2) is 8.41. The van der Waals surface area contributed by atoms with Crippen LogP contribution in [0.15, 0.2) is 114 Å². The first-order chi connectivity index (χ1) is 19.8. The topological polar surface area (TPSA) is 29.3 Å². The van der Waals surface area contributed by atoms with E-state index in [1.807, 2.05) is 0 Å². The summed E-state index contributed by atoms with van der Waals surface area (Å²) in [6.45, 7) is 0. The van der Waals surface area contributed by atoms with Crippen LogP contribution in [0, 0.1) is 0 Å². The summed E-state index contributed by atoms with van der Waals surface area (Å²) in [4.78, 5) is 5.50. The van der Waals surface area contributed by atoms with Crippen LogP contribution >= 0.6 is 11.3 Å². The lowest BCUT2D eigenvalue weighted by molar-refractivity contribution is 0.933. The number of nitrogens with one attached hydrogen (secondary N) is 1. The second-order valence-electron chi connectivity index (χ2n) is 10.8. The van der Waals surface area contributed by atoms with Gasteiger partial charge in [-0.05, 0) is 75.9 Å². The third kappa shape index (κ3) is 3.20. The maximum atomic E-state index is 5.50. The number of hydrogen-bond acceptors (Lipinski definition) is 3. The summed E-state index contributed by atoms with van der Waals surface area (Å²) in [5.41, 5.74) is 6.26. The lowest BCUT2D eigenvalue weighted by atomic mass is 9.98. The maximum Gasteiger partial charge on any atom is 0.142 e. The average Bonchev–Trinajstić information content (AvgIpc) is 3.53. The van der Waals surface area contributed by atoms with Gasteiger partial charge in [0.2, 0.25) is 0 Å². The number of hydrogen-bond donors (Lipinski definition) is 1. The van der Waals surface area contributed by atoms with Crippen LogP contribution in [0.2, 0.25) is 0 Å². The van der Waals surface area contributed by atoms with Crippen LogP contribution in [0.3, 0.4) is 0 Å². The van der Waals surface area contributed by atoms with Crippen LogP contribution in [0.1, 0.15) is 29.3 Å². The number of aliphatic imine (C=N–C) groups is 1. The molecule has 2 aromatic heterocycles. The fraction of sp³-hybridized carbons (Fsp3) is 0.0833. The fourth-order valence-corrected chi connectivity index (χ4v) is 7.64. The van der Waals surface area contributed by atoms with Crippen molar-refractivity contribution >= 4 is 76.5 Å². The normalized spacial score (nSPS) is 16.3. The SMILES string of the molecule is C1=Cc2c(c3cc4ccccc4cc3n2C2=Nc3sc4ccccc4c3NC2c2ccc3ccccc3c2)CC1. The molecular formula is C36H25N3S. The first-order valence-corrected chi connectivity index (χ1v) is 14.7. The molecule has 7 aromatic rings. The largest absolute Gasteiger partial charge is 0.369 e. The van der Waals surface area contributed by atoms with E-state index in [4.69, 9.17) is 4.99 Å². The first kappa shape index (κ1) is 22.2. The molecule has 1 unspecified atom stereocenters. The van der Waals surface area contributed by atoms with Crippen LogP contribution in [0.4, 0.5) is 10.7 Å². The maximum absolute atomic E-state index is 5.50. The number of anilines is 1. The summed E-state index contributed by atoms with van der Waals surface area (Å²) >= 11 is 1.76. The summed E-state index contributed by atoms with van der Waals surface area (Å²) in [6.07, 6.45) is 6.73. The van der Waals surface area contributed by atoms with Gasteiger partial charge in [-0.3, -0.25) is 4.57 Å². The molecule has 1 aliphatic heterocycles. The molecule has 1 atom stereocenters. The van der Waals surface area contributed by atoms with E-state index in [-0.39, 0.29) is 6.04 Å². The highest BCUT2D eigenvalue weighted by atomic mass is 32.1. The van der Waals surface area contributed by atoms with Gasteiger partial charge in [-0.1, -0.05) is 84.9 Å². The van der Waals surface area contributed by atoms with Gasteiger partial charge in [0.05, 0.1) is 16.9 Å². The van der Waals surface area contributed by atoms with E-state index >= 15 is 0 Å². The Kier molecular flexibility index (Phi) is 4.66. The Morgan fingerprint density at radius 2 is 1.50 bits per heavy atom. The third-order valence-corrected chi connectivity index (χ3v) is 9.56. The minimum Gasteiger partial charge on any atom is -0.369 e. The van der Waals surface area contributed by atoms with Crippen LogP contribution < -0.4 is 5.32 Å². The zero-order valence-electron chi connectivity index (χ0n) is 21.8. The van der Waals surface area contributed by atoms with E-state index in [0.717, 1.165) is 29.4 Å². The van der Waals surface area contributed by atoms with E-state index < -0.39 is 0 Å². The molecule has 40 heavy (non-hydrogen) atoms. The Morgan fingerprint density at radius 3 is 2.38 bits per heavy atom. The van der Waals surface area contributed by atoms with Crippen molar-refractivity contribution in [2.24, 2.45) is 4.99 Å². The Hall–Kier alpha value is -4.67.